The van der Waals surface area contributed by atoms with E-state index in [0.717, 1.165) is 12.8 Å². The molecule has 0 fully saturated rings. The lowest BCUT2D eigenvalue weighted by molar-refractivity contribution is -0.864. The van der Waals surface area contributed by atoms with Gasteiger partial charge >= 0.3 is 5.97 Å². The number of hydrogen-bond acceptors (Lipinski definition) is 5. The molecule has 0 rings (SSSR count). The number of hydrogen-bond donors (Lipinski definition) is 3. The molecule has 1 atom stereocenters. The average Bonchev–Trinajstić information content (AvgIpc) is 2.14. The number of rotatable bonds is 7. The van der Waals surface area contributed by atoms with Gasteiger partial charge in [0, 0.05) is 0 Å². The fourth-order valence-corrected chi connectivity index (χ4v) is 1.02. The lowest BCUT2D eigenvalue weighted by atomic mass is 10.1. The summed E-state index contributed by atoms with van der Waals surface area (Å²) in [5.74, 6) is -1.94. The van der Waals surface area contributed by atoms with Gasteiger partial charge in [0.2, 0.25) is 0 Å². The van der Waals surface area contributed by atoms with Gasteiger partial charge in [-0.3, -0.25) is 4.79 Å². The Morgan fingerprint density at radius 1 is 1.28 bits per heavy atom. The van der Waals surface area contributed by atoms with Gasteiger partial charge in [-0.1, -0.05) is 6.42 Å². The first-order chi connectivity index (χ1) is 8.10. The highest BCUT2D eigenvalue weighted by molar-refractivity contribution is 5.72. The van der Waals surface area contributed by atoms with E-state index in [1.54, 1.807) is 21.1 Å². The largest absolute Gasteiger partial charge is 0.544 e. The lowest BCUT2D eigenvalue weighted by Crippen LogP contribution is -2.45. The van der Waals surface area contributed by atoms with Crippen LogP contribution in [0.15, 0.2) is 0 Å². The standard InChI is InChI=1S/C6H14N2O2.C5H11NO2/c7-4-2-1-3-5(8)6(9)10;1-6(2,3)4-5(7)8/h5H,1-4,7-8H2,(H,9,10);4H2,1-3H3/t5-;/m0./s1. The van der Waals surface area contributed by atoms with Crippen LogP contribution in [0.5, 0.6) is 0 Å². The van der Waals surface area contributed by atoms with Gasteiger partial charge in [0.15, 0.2) is 0 Å². The van der Waals surface area contributed by atoms with E-state index in [1.807, 2.05) is 0 Å². The maximum atomic E-state index is 10.1. The Hall–Kier alpha value is -1.18. The van der Waals surface area contributed by atoms with Crippen LogP contribution in [-0.4, -0.2) is 61.8 Å². The molecule has 0 aliphatic rings. The van der Waals surface area contributed by atoms with E-state index in [9.17, 15) is 14.7 Å². The second-order valence-corrected chi connectivity index (χ2v) is 5.05. The van der Waals surface area contributed by atoms with Crippen molar-refractivity contribution < 1.29 is 24.3 Å². The number of nitrogens with two attached hydrogens (primary N) is 2. The zero-order valence-electron chi connectivity index (χ0n) is 11.4. The molecule has 0 aromatic carbocycles. The number of carbonyl (C=O) groups is 2. The zero-order chi connectivity index (χ0) is 14.8. The third-order valence-corrected chi connectivity index (χ3v) is 1.89. The van der Waals surface area contributed by atoms with Gasteiger partial charge in [0.1, 0.15) is 12.6 Å². The van der Waals surface area contributed by atoms with Crippen LogP contribution in [0.1, 0.15) is 19.3 Å². The summed E-state index contributed by atoms with van der Waals surface area (Å²) in [6.45, 7) is 0.673. The summed E-state index contributed by atoms with van der Waals surface area (Å²) in [6, 6.07) is -0.716. The minimum absolute atomic E-state index is 0.0694. The molecule has 7 heteroatoms. The smallest absolute Gasteiger partial charge is 0.320 e. The second-order valence-electron chi connectivity index (χ2n) is 5.05. The Labute approximate surface area is 108 Å². The first kappa shape index (κ1) is 19.2. The van der Waals surface area contributed by atoms with Gasteiger partial charge in [0.25, 0.3) is 0 Å². The molecule has 7 nitrogen and oxygen atoms in total. The van der Waals surface area contributed by atoms with Crippen LogP contribution in [0, 0.1) is 0 Å². The number of nitrogens with zero attached hydrogens (tertiary/aromatic N) is 1. The van der Waals surface area contributed by atoms with Gasteiger partial charge in [0.05, 0.1) is 27.1 Å². The summed E-state index contributed by atoms with van der Waals surface area (Å²) < 4.78 is 0.419. The summed E-state index contributed by atoms with van der Waals surface area (Å²) in [5.41, 5.74) is 10.4. The van der Waals surface area contributed by atoms with E-state index in [2.05, 4.69) is 0 Å². The summed E-state index contributed by atoms with van der Waals surface area (Å²) in [4.78, 5) is 20.0. The second kappa shape index (κ2) is 9.81. The van der Waals surface area contributed by atoms with Gasteiger partial charge in [-0.15, -0.1) is 0 Å². The molecule has 108 valence electrons. The van der Waals surface area contributed by atoms with Crippen molar-refractivity contribution in [2.45, 2.75) is 25.3 Å². The Kier molecular flexibility index (Phi) is 10.4. The van der Waals surface area contributed by atoms with Crippen LogP contribution in [0.25, 0.3) is 0 Å². The minimum Gasteiger partial charge on any atom is -0.544 e. The van der Waals surface area contributed by atoms with Crippen molar-refractivity contribution in [1.29, 1.82) is 0 Å². The van der Waals surface area contributed by atoms with Crippen LogP contribution in [0.4, 0.5) is 0 Å². The summed E-state index contributed by atoms with van der Waals surface area (Å²) >= 11 is 0. The molecule has 0 radical (unpaired) electrons. The predicted molar refractivity (Wildman–Crippen MR) is 66.4 cm³/mol. The van der Waals surface area contributed by atoms with Gasteiger partial charge in [-0.05, 0) is 19.4 Å². The van der Waals surface area contributed by atoms with Gasteiger partial charge in [-0.25, -0.2) is 0 Å². The number of likely N-dealkylation sites (N-methyl/N-ethyl adjacent to an activating group) is 1. The number of aliphatic carboxylic acids is 2. The van der Waals surface area contributed by atoms with Crippen molar-refractivity contribution in [1.82, 2.24) is 0 Å². The van der Waals surface area contributed by atoms with E-state index in [-0.39, 0.29) is 6.54 Å². The maximum Gasteiger partial charge on any atom is 0.320 e. The van der Waals surface area contributed by atoms with Crippen molar-refractivity contribution in [3.8, 4) is 0 Å². The summed E-state index contributed by atoms with van der Waals surface area (Å²) in [6.07, 6.45) is 2.16. The van der Waals surface area contributed by atoms with Crippen molar-refractivity contribution in [2.24, 2.45) is 11.5 Å². The first-order valence-electron chi connectivity index (χ1n) is 5.79. The van der Waals surface area contributed by atoms with Gasteiger partial charge in [-0.2, -0.15) is 0 Å². The molecule has 0 aliphatic carbocycles. The van der Waals surface area contributed by atoms with Crippen LogP contribution in [0.2, 0.25) is 0 Å². The highest BCUT2D eigenvalue weighted by atomic mass is 16.4. The lowest BCUT2D eigenvalue weighted by Gasteiger charge is -2.23. The number of carboxylic acids is 2. The van der Waals surface area contributed by atoms with E-state index in [0.29, 0.717) is 17.4 Å². The molecule has 0 bridgehead atoms. The molecular weight excluding hydrogens is 238 g/mol. The Balaban J connectivity index is 0. The van der Waals surface area contributed by atoms with Crippen LogP contribution in [-0.2, 0) is 9.59 Å². The normalized spacial score (nSPS) is 12.3. The van der Waals surface area contributed by atoms with E-state index >= 15 is 0 Å². The Morgan fingerprint density at radius 2 is 1.78 bits per heavy atom. The average molecular weight is 263 g/mol. The third-order valence-electron chi connectivity index (χ3n) is 1.89. The number of carboxylic acid groups (broad SMARTS) is 2. The molecule has 0 aliphatic heterocycles. The number of carbonyl (C=O) groups excluding carboxylic acids is 1. The molecule has 0 heterocycles. The van der Waals surface area contributed by atoms with Gasteiger partial charge < -0.3 is 31.0 Å². The predicted octanol–water partition coefficient (Wildman–Crippen LogP) is -2.03. The van der Waals surface area contributed by atoms with E-state index < -0.39 is 18.0 Å². The minimum atomic E-state index is -1.00. The van der Waals surface area contributed by atoms with Crippen molar-refractivity contribution in [2.75, 3.05) is 34.2 Å². The van der Waals surface area contributed by atoms with Crippen molar-refractivity contribution in [3.63, 3.8) is 0 Å². The molecule has 0 saturated carbocycles. The molecule has 18 heavy (non-hydrogen) atoms. The molecule has 0 saturated heterocycles. The molecule has 0 amide bonds. The Morgan fingerprint density at radius 3 is 2.00 bits per heavy atom. The number of unbranched alkanes of at least 4 members (excludes halogenated alkanes) is 1. The highest BCUT2D eigenvalue weighted by Crippen LogP contribution is 1.96. The van der Waals surface area contributed by atoms with E-state index in [1.165, 1.54) is 0 Å². The zero-order valence-corrected chi connectivity index (χ0v) is 11.4. The molecule has 5 N–H and O–H groups in total. The topological polar surface area (TPSA) is 129 Å². The SMILES string of the molecule is C[N+](C)(C)CC(=O)[O-].NCCCC[C@H](N)C(=O)O. The molecule has 0 aromatic heterocycles. The molecule has 0 unspecified atom stereocenters. The van der Waals surface area contributed by atoms with Crippen LogP contribution >= 0.6 is 0 Å². The van der Waals surface area contributed by atoms with Crippen LogP contribution in [0.3, 0.4) is 0 Å². The van der Waals surface area contributed by atoms with Crippen LogP contribution < -0.4 is 16.6 Å². The fourth-order valence-electron chi connectivity index (χ4n) is 1.02. The highest BCUT2D eigenvalue weighted by Gasteiger charge is 2.09. The first-order valence-corrected chi connectivity index (χ1v) is 5.79. The third kappa shape index (κ3) is 17.2. The Bertz CT molecular complexity index is 251. The van der Waals surface area contributed by atoms with Crippen molar-refractivity contribution in [3.05, 3.63) is 0 Å². The molecule has 0 spiro atoms. The molecule has 0 aromatic rings. The monoisotopic (exact) mass is 263 g/mol. The van der Waals surface area contributed by atoms with E-state index in [4.69, 9.17) is 16.6 Å². The van der Waals surface area contributed by atoms with Crippen molar-refractivity contribution >= 4 is 11.9 Å². The quantitative estimate of drug-likeness (QED) is 0.359. The number of quaternary nitrogens is 1. The fraction of sp³-hybridized carbons (Fsp3) is 0.818. The molecular formula is C11H25N3O4. The summed E-state index contributed by atoms with van der Waals surface area (Å²) in [5, 5.41) is 18.2. The maximum absolute atomic E-state index is 10.1. The summed E-state index contributed by atoms with van der Waals surface area (Å²) in [7, 11) is 5.40.